The van der Waals surface area contributed by atoms with E-state index < -0.39 is 18.2 Å². The molecule has 5 N–H and O–H groups in total. The molecular formula is C8H15FN2O2. The summed E-state index contributed by atoms with van der Waals surface area (Å²) in [5, 5.41) is 8.62. The maximum atomic E-state index is 12.3. The second kappa shape index (κ2) is 4.94. The van der Waals surface area contributed by atoms with Gasteiger partial charge in [0.2, 0.25) is 0 Å². The Balaban J connectivity index is 4.77. The first-order valence-electron chi connectivity index (χ1n) is 3.99. The number of hydrogen-bond donors (Lipinski definition) is 3. The summed E-state index contributed by atoms with van der Waals surface area (Å²) in [5.41, 5.74) is 9.31. The van der Waals surface area contributed by atoms with E-state index in [1.165, 1.54) is 6.08 Å². The summed E-state index contributed by atoms with van der Waals surface area (Å²) in [6.45, 7) is 0.869. The Kier molecular flexibility index (Phi) is 4.58. The van der Waals surface area contributed by atoms with Crippen LogP contribution in [0, 0.1) is 0 Å². The highest BCUT2D eigenvalue weighted by atomic mass is 19.1. The van der Waals surface area contributed by atoms with Crippen LogP contribution in [0.2, 0.25) is 0 Å². The molecule has 0 aliphatic heterocycles. The number of carboxylic acids is 1. The Hall–Kier alpha value is -0.940. The van der Waals surface area contributed by atoms with Crippen molar-refractivity contribution >= 4 is 5.97 Å². The third-order valence-electron chi connectivity index (χ3n) is 1.80. The van der Waals surface area contributed by atoms with Crippen molar-refractivity contribution in [2.24, 2.45) is 11.5 Å². The van der Waals surface area contributed by atoms with Gasteiger partial charge in [-0.1, -0.05) is 18.6 Å². The number of nitrogens with two attached hydrogens (primary N) is 2. The molecule has 5 heteroatoms. The van der Waals surface area contributed by atoms with E-state index in [0.29, 0.717) is 12.0 Å². The lowest BCUT2D eigenvalue weighted by atomic mass is 9.98. The predicted molar refractivity (Wildman–Crippen MR) is 48.0 cm³/mol. The second-order valence-corrected chi connectivity index (χ2v) is 2.84. The molecule has 0 aliphatic rings. The predicted octanol–water partition coefficient (Wildman–Crippen LogP) is 0.0331. The number of halogens is 1. The summed E-state index contributed by atoms with van der Waals surface area (Å²) in [6.07, 6.45) is 1.76. The van der Waals surface area contributed by atoms with Crippen molar-refractivity contribution in [1.29, 1.82) is 0 Å². The molecule has 0 aromatic rings. The van der Waals surface area contributed by atoms with Crippen molar-refractivity contribution in [3.05, 3.63) is 11.6 Å². The monoisotopic (exact) mass is 190 g/mol. The lowest BCUT2D eigenvalue weighted by Crippen LogP contribution is -2.48. The minimum absolute atomic E-state index is 0.197. The number of hydrogen-bond acceptors (Lipinski definition) is 3. The first-order valence-corrected chi connectivity index (χ1v) is 3.99. The molecule has 4 nitrogen and oxygen atoms in total. The molecule has 0 aromatic carbocycles. The molecule has 0 amide bonds. The van der Waals surface area contributed by atoms with E-state index in [1.807, 2.05) is 0 Å². The maximum absolute atomic E-state index is 12.3. The van der Waals surface area contributed by atoms with Gasteiger partial charge < -0.3 is 16.6 Å². The van der Waals surface area contributed by atoms with Gasteiger partial charge in [-0.2, -0.15) is 0 Å². The molecule has 0 spiro atoms. The molecule has 1 unspecified atom stereocenters. The molecule has 0 fully saturated rings. The number of rotatable bonds is 5. The highest BCUT2D eigenvalue weighted by molar-refractivity contribution is 5.81. The first kappa shape index (κ1) is 12.1. The van der Waals surface area contributed by atoms with E-state index in [-0.39, 0.29) is 6.54 Å². The molecular weight excluding hydrogens is 175 g/mol. The van der Waals surface area contributed by atoms with Crippen LogP contribution in [-0.2, 0) is 4.79 Å². The van der Waals surface area contributed by atoms with Gasteiger partial charge in [0.1, 0.15) is 6.67 Å². The average Bonchev–Trinajstić information content (AvgIpc) is 2.13. The Morgan fingerprint density at radius 2 is 2.23 bits per heavy atom. The molecule has 0 saturated heterocycles. The minimum Gasteiger partial charge on any atom is -0.480 e. The van der Waals surface area contributed by atoms with Crippen LogP contribution in [0.3, 0.4) is 0 Å². The topological polar surface area (TPSA) is 89.3 Å². The van der Waals surface area contributed by atoms with E-state index >= 15 is 0 Å². The third kappa shape index (κ3) is 3.12. The molecule has 0 aliphatic carbocycles. The van der Waals surface area contributed by atoms with Gasteiger partial charge in [0, 0.05) is 6.54 Å². The van der Waals surface area contributed by atoms with Crippen LogP contribution in [0.5, 0.6) is 0 Å². The van der Waals surface area contributed by atoms with Crippen LogP contribution in [0.15, 0.2) is 11.6 Å². The summed E-state index contributed by atoms with van der Waals surface area (Å²) in [4.78, 5) is 10.6. The zero-order valence-electron chi connectivity index (χ0n) is 7.59. The van der Waals surface area contributed by atoms with Gasteiger partial charge in [-0.05, 0) is 6.42 Å². The van der Waals surface area contributed by atoms with E-state index in [1.54, 1.807) is 6.92 Å². The van der Waals surface area contributed by atoms with E-state index in [9.17, 15) is 9.18 Å². The maximum Gasteiger partial charge on any atom is 0.330 e. The first-order chi connectivity index (χ1) is 6.00. The Morgan fingerprint density at radius 3 is 2.46 bits per heavy atom. The molecule has 1 atom stereocenters. The van der Waals surface area contributed by atoms with Gasteiger partial charge in [-0.3, -0.25) is 0 Å². The van der Waals surface area contributed by atoms with E-state index in [2.05, 4.69) is 0 Å². The van der Waals surface area contributed by atoms with Gasteiger partial charge in [-0.25, -0.2) is 9.18 Å². The number of aliphatic carboxylic acids is 1. The fourth-order valence-corrected chi connectivity index (χ4v) is 0.827. The summed E-state index contributed by atoms with van der Waals surface area (Å²) < 4.78 is 12.3. The molecule has 0 heterocycles. The Morgan fingerprint density at radius 1 is 1.69 bits per heavy atom. The second-order valence-electron chi connectivity index (χ2n) is 2.84. The number of carboxylic acid groups (broad SMARTS) is 1. The average molecular weight is 190 g/mol. The van der Waals surface area contributed by atoms with Crippen molar-refractivity contribution in [2.75, 3.05) is 13.2 Å². The molecule has 76 valence electrons. The van der Waals surface area contributed by atoms with Gasteiger partial charge in [0.25, 0.3) is 0 Å². The SMILES string of the molecule is CCC(=CC(N)(CF)C(=O)O)CN. The Labute approximate surface area is 76.4 Å². The molecule has 13 heavy (non-hydrogen) atoms. The van der Waals surface area contributed by atoms with Crippen LogP contribution in [-0.4, -0.2) is 29.8 Å². The van der Waals surface area contributed by atoms with Crippen molar-refractivity contribution in [3.63, 3.8) is 0 Å². The fourth-order valence-electron chi connectivity index (χ4n) is 0.827. The molecule has 0 radical (unpaired) electrons. The normalized spacial score (nSPS) is 16.8. The summed E-state index contributed by atoms with van der Waals surface area (Å²) in [5.74, 6) is -1.38. The smallest absolute Gasteiger partial charge is 0.330 e. The molecule has 0 bridgehead atoms. The van der Waals surface area contributed by atoms with Crippen LogP contribution < -0.4 is 11.5 Å². The quantitative estimate of drug-likeness (QED) is 0.534. The fraction of sp³-hybridized carbons (Fsp3) is 0.625. The summed E-state index contributed by atoms with van der Waals surface area (Å²) in [6, 6.07) is 0. The van der Waals surface area contributed by atoms with Crippen molar-refractivity contribution < 1.29 is 14.3 Å². The van der Waals surface area contributed by atoms with Crippen LogP contribution in [0.4, 0.5) is 4.39 Å². The van der Waals surface area contributed by atoms with Crippen LogP contribution in [0.25, 0.3) is 0 Å². The lowest BCUT2D eigenvalue weighted by Gasteiger charge is -2.17. The van der Waals surface area contributed by atoms with Gasteiger partial charge in [-0.15, -0.1) is 0 Å². The van der Waals surface area contributed by atoms with Crippen molar-refractivity contribution in [2.45, 2.75) is 18.9 Å². The van der Waals surface area contributed by atoms with Gasteiger partial charge >= 0.3 is 5.97 Å². The third-order valence-corrected chi connectivity index (χ3v) is 1.80. The Bertz CT molecular complexity index is 212. The summed E-state index contributed by atoms with van der Waals surface area (Å²) in [7, 11) is 0. The van der Waals surface area contributed by atoms with Crippen LogP contribution >= 0.6 is 0 Å². The molecule has 0 saturated carbocycles. The minimum atomic E-state index is -1.93. The lowest BCUT2D eigenvalue weighted by molar-refractivity contribution is -0.141. The van der Waals surface area contributed by atoms with Crippen molar-refractivity contribution in [3.8, 4) is 0 Å². The summed E-state index contributed by atoms with van der Waals surface area (Å²) >= 11 is 0. The number of carbonyl (C=O) groups is 1. The van der Waals surface area contributed by atoms with Crippen molar-refractivity contribution in [1.82, 2.24) is 0 Å². The van der Waals surface area contributed by atoms with Crippen LogP contribution in [0.1, 0.15) is 13.3 Å². The van der Waals surface area contributed by atoms with E-state index in [4.69, 9.17) is 16.6 Å². The van der Waals surface area contributed by atoms with E-state index in [0.717, 1.165) is 0 Å². The number of alkyl halides is 1. The highest BCUT2D eigenvalue weighted by Crippen LogP contribution is 2.10. The van der Waals surface area contributed by atoms with Gasteiger partial charge in [0.05, 0.1) is 0 Å². The molecule has 0 aromatic heterocycles. The standard InChI is InChI=1S/C8H15FN2O2/c1-2-6(4-10)3-8(11,5-9)7(12)13/h3H,2,4-5,10-11H2,1H3,(H,12,13). The molecule has 0 rings (SSSR count). The largest absolute Gasteiger partial charge is 0.480 e. The zero-order chi connectivity index (χ0) is 10.5. The zero-order valence-corrected chi connectivity index (χ0v) is 7.59. The van der Waals surface area contributed by atoms with Gasteiger partial charge in [0.15, 0.2) is 5.54 Å². The highest BCUT2D eigenvalue weighted by Gasteiger charge is 2.31.